The van der Waals surface area contributed by atoms with Gasteiger partial charge in [0.25, 0.3) is 0 Å². The zero-order chi connectivity index (χ0) is 17.1. The van der Waals surface area contributed by atoms with Crippen molar-refractivity contribution in [2.45, 2.75) is 12.8 Å². The lowest BCUT2D eigenvalue weighted by atomic mass is 10.1. The Bertz CT molecular complexity index is 957. The summed E-state index contributed by atoms with van der Waals surface area (Å²) in [5, 5.41) is 2.72. The fourth-order valence-corrected chi connectivity index (χ4v) is 2.61. The molecule has 1 amide bonds. The van der Waals surface area contributed by atoms with Gasteiger partial charge in [0, 0.05) is 28.6 Å². The molecule has 0 saturated carbocycles. The van der Waals surface area contributed by atoms with Gasteiger partial charge in [0.05, 0.1) is 11.0 Å². The monoisotopic (exact) mass is 387 g/mol. The van der Waals surface area contributed by atoms with Crippen LogP contribution in [-0.2, 0) is 4.79 Å². The van der Waals surface area contributed by atoms with Crippen molar-refractivity contribution in [2.24, 2.45) is 0 Å². The molecule has 3 aromatic rings. The molecule has 3 rings (SSSR count). The van der Waals surface area contributed by atoms with E-state index >= 15 is 0 Å². The standard InChI is InChI=1S/C17H14BrN3O3/c18-11-3-1-10(2-4-11)15(22)7-8-16(23)19-12-5-6-13-14(9-12)21-17(24)20-13/h1-6,9H,7-8H2,(H,19,23)(H2,20,21,24). The lowest BCUT2D eigenvalue weighted by Gasteiger charge is -2.05. The minimum atomic E-state index is -0.298. The van der Waals surface area contributed by atoms with Crippen molar-refractivity contribution >= 4 is 44.3 Å². The molecule has 0 saturated heterocycles. The van der Waals surface area contributed by atoms with Gasteiger partial charge in [0.15, 0.2) is 5.78 Å². The van der Waals surface area contributed by atoms with Crippen molar-refractivity contribution in [1.29, 1.82) is 0 Å². The summed E-state index contributed by atoms with van der Waals surface area (Å²) in [4.78, 5) is 40.5. The number of fused-ring (bicyclic) bond motifs is 1. The average molecular weight is 388 g/mol. The smallest absolute Gasteiger partial charge is 0.323 e. The van der Waals surface area contributed by atoms with Crippen LogP contribution in [0.15, 0.2) is 51.7 Å². The highest BCUT2D eigenvalue weighted by Crippen LogP contribution is 2.16. The number of carbonyl (C=O) groups excluding carboxylic acids is 2. The molecule has 6 nitrogen and oxygen atoms in total. The van der Waals surface area contributed by atoms with Crippen LogP contribution in [-0.4, -0.2) is 21.7 Å². The molecule has 0 atom stereocenters. The first-order valence-corrected chi connectivity index (χ1v) is 8.11. The van der Waals surface area contributed by atoms with Crippen LogP contribution in [0.2, 0.25) is 0 Å². The number of carbonyl (C=O) groups is 2. The Morgan fingerprint density at radius 3 is 2.42 bits per heavy atom. The van der Waals surface area contributed by atoms with Crippen LogP contribution in [0.25, 0.3) is 11.0 Å². The van der Waals surface area contributed by atoms with Crippen molar-refractivity contribution in [3.8, 4) is 0 Å². The molecule has 24 heavy (non-hydrogen) atoms. The van der Waals surface area contributed by atoms with E-state index in [0.717, 1.165) is 4.47 Å². The Labute approximate surface area is 145 Å². The topological polar surface area (TPSA) is 94.8 Å². The van der Waals surface area contributed by atoms with Gasteiger partial charge in [0.1, 0.15) is 0 Å². The minimum Gasteiger partial charge on any atom is -0.326 e. The van der Waals surface area contributed by atoms with E-state index in [1.54, 1.807) is 42.5 Å². The number of anilines is 1. The number of rotatable bonds is 5. The van der Waals surface area contributed by atoms with Gasteiger partial charge in [-0.1, -0.05) is 28.1 Å². The van der Waals surface area contributed by atoms with Crippen molar-refractivity contribution in [1.82, 2.24) is 9.97 Å². The molecule has 0 unspecified atom stereocenters. The van der Waals surface area contributed by atoms with Gasteiger partial charge in [-0.05, 0) is 30.3 Å². The number of aromatic amines is 2. The molecule has 2 aromatic carbocycles. The number of nitrogens with one attached hydrogen (secondary N) is 3. The average Bonchev–Trinajstić information content (AvgIpc) is 2.92. The quantitative estimate of drug-likeness (QED) is 0.586. The van der Waals surface area contributed by atoms with Crippen molar-refractivity contribution in [3.63, 3.8) is 0 Å². The van der Waals surface area contributed by atoms with Crippen LogP contribution in [0.3, 0.4) is 0 Å². The van der Waals surface area contributed by atoms with Crippen molar-refractivity contribution in [3.05, 3.63) is 63.0 Å². The fourth-order valence-electron chi connectivity index (χ4n) is 2.34. The molecule has 122 valence electrons. The molecule has 1 heterocycles. The van der Waals surface area contributed by atoms with E-state index in [-0.39, 0.29) is 30.2 Å². The number of ketones is 1. The van der Waals surface area contributed by atoms with Gasteiger partial charge in [0.2, 0.25) is 5.91 Å². The van der Waals surface area contributed by atoms with E-state index in [0.29, 0.717) is 22.3 Å². The second kappa shape index (κ2) is 6.84. The lowest BCUT2D eigenvalue weighted by Crippen LogP contribution is -2.13. The molecule has 1 aromatic heterocycles. The highest BCUT2D eigenvalue weighted by atomic mass is 79.9. The summed E-state index contributed by atoms with van der Waals surface area (Å²) < 4.78 is 0.898. The van der Waals surface area contributed by atoms with Crippen molar-refractivity contribution in [2.75, 3.05) is 5.32 Å². The predicted molar refractivity (Wildman–Crippen MR) is 95.3 cm³/mol. The van der Waals surface area contributed by atoms with Crippen LogP contribution in [0.1, 0.15) is 23.2 Å². The summed E-state index contributed by atoms with van der Waals surface area (Å²) >= 11 is 3.31. The maximum atomic E-state index is 12.1. The molecule has 3 N–H and O–H groups in total. The van der Waals surface area contributed by atoms with Gasteiger partial charge in [-0.15, -0.1) is 0 Å². The number of benzene rings is 2. The molecule has 0 spiro atoms. The van der Waals surface area contributed by atoms with Gasteiger partial charge in [-0.2, -0.15) is 0 Å². The summed E-state index contributed by atoms with van der Waals surface area (Å²) in [6.45, 7) is 0. The Kier molecular flexibility index (Phi) is 4.61. The van der Waals surface area contributed by atoms with Crippen molar-refractivity contribution < 1.29 is 9.59 Å². The molecule has 0 aliphatic rings. The second-order valence-electron chi connectivity index (χ2n) is 5.32. The van der Waals surface area contributed by atoms with Gasteiger partial charge in [-0.3, -0.25) is 9.59 Å². The third-order valence-corrected chi connectivity index (χ3v) is 4.07. The summed E-state index contributed by atoms with van der Waals surface area (Å²) in [6, 6.07) is 12.1. The number of aromatic nitrogens is 2. The van der Waals surface area contributed by atoms with E-state index in [1.807, 2.05) is 0 Å². The van der Waals surface area contributed by atoms with E-state index in [4.69, 9.17) is 0 Å². The molecule has 0 aliphatic heterocycles. The minimum absolute atomic E-state index is 0.0805. The lowest BCUT2D eigenvalue weighted by molar-refractivity contribution is -0.116. The van der Waals surface area contributed by atoms with E-state index in [2.05, 4.69) is 31.2 Å². The Morgan fingerprint density at radius 1 is 0.958 bits per heavy atom. The number of halogens is 1. The molecule has 0 aliphatic carbocycles. The van der Waals surface area contributed by atoms with Crippen LogP contribution < -0.4 is 11.0 Å². The molecule has 0 fully saturated rings. The molecule has 0 radical (unpaired) electrons. The summed E-state index contributed by atoms with van der Waals surface area (Å²) in [5.74, 6) is -0.333. The molecule has 7 heteroatoms. The normalized spacial score (nSPS) is 10.7. The zero-order valence-electron chi connectivity index (χ0n) is 12.6. The van der Waals surface area contributed by atoms with E-state index < -0.39 is 0 Å². The number of hydrogen-bond donors (Lipinski definition) is 3. The van der Waals surface area contributed by atoms with E-state index in [9.17, 15) is 14.4 Å². The number of H-pyrrole nitrogens is 2. The number of hydrogen-bond acceptors (Lipinski definition) is 3. The van der Waals surface area contributed by atoms with Gasteiger partial charge >= 0.3 is 5.69 Å². The molecular weight excluding hydrogens is 374 g/mol. The van der Waals surface area contributed by atoms with Gasteiger partial charge in [-0.25, -0.2) is 4.79 Å². The first-order chi connectivity index (χ1) is 11.5. The highest BCUT2D eigenvalue weighted by Gasteiger charge is 2.10. The maximum Gasteiger partial charge on any atom is 0.323 e. The molecule has 0 bridgehead atoms. The Hall–Kier alpha value is -2.67. The fraction of sp³-hybridized carbons (Fsp3) is 0.118. The van der Waals surface area contributed by atoms with Crippen LogP contribution in [0, 0.1) is 0 Å². The number of imidazole rings is 1. The second-order valence-corrected chi connectivity index (χ2v) is 6.23. The predicted octanol–water partition coefficient (Wildman–Crippen LogP) is 3.22. The van der Waals surface area contributed by atoms with Crippen LogP contribution >= 0.6 is 15.9 Å². The Balaban J connectivity index is 1.59. The summed E-state index contributed by atoms with van der Waals surface area (Å²) in [7, 11) is 0. The van der Waals surface area contributed by atoms with Crippen LogP contribution in [0.5, 0.6) is 0 Å². The highest BCUT2D eigenvalue weighted by molar-refractivity contribution is 9.10. The zero-order valence-corrected chi connectivity index (χ0v) is 14.1. The van der Waals surface area contributed by atoms with E-state index in [1.165, 1.54) is 0 Å². The summed E-state index contributed by atoms with van der Waals surface area (Å²) in [5.41, 5.74) is 2.14. The first kappa shape index (κ1) is 16.2. The third-order valence-electron chi connectivity index (χ3n) is 3.55. The van der Waals surface area contributed by atoms with Crippen LogP contribution in [0.4, 0.5) is 5.69 Å². The molecular formula is C17H14BrN3O3. The largest absolute Gasteiger partial charge is 0.326 e. The number of amides is 1. The third kappa shape index (κ3) is 3.80. The van der Waals surface area contributed by atoms with Gasteiger partial charge < -0.3 is 15.3 Å². The maximum absolute atomic E-state index is 12.1. The number of Topliss-reactive ketones (excluding diaryl/α,β-unsaturated/α-hetero) is 1. The SMILES string of the molecule is O=C(CCC(=O)c1ccc(Br)cc1)Nc1ccc2[nH]c(=O)[nH]c2c1. The first-order valence-electron chi connectivity index (χ1n) is 7.32. The Morgan fingerprint density at radius 2 is 1.67 bits per heavy atom. The summed E-state index contributed by atoms with van der Waals surface area (Å²) in [6.07, 6.45) is 0.229.